The van der Waals surface area contributed by atoms with Gasteiger partial charge in [-0.25, -0.2) is 0 Å². The van der Waals surface area contributed by atoms with E-state index in [1.807, 2.05) is 13.8 Å². The van der Waals surface area contributed by atoms with Crippen molar-refractivity contribution in [1.29, 1.82) is 0 Å². The molecule has 0 aliphatic heterocycles. The predicted molar refractivity (Wildman–Crippen MR) is 74.3 cm³/mol. The summed E-state index contributed by atoms with van der Waals surface area (Å²) in [5, 5.41) is 16.8. The van der Waals surface area contributed by atoms with E-state index in [0.717, 1.165) is 12.6 Å². The first-order valence-electron chi connectivity index (χ1n) is 5.89. The van der Waals surface area contributed by atoms with Crippen molar-refractivity contribution in [2.24, 2.45) is 0 Å². The molecule has 21 heavy (non-hydrogen) atoms. The van der Waals surface area contributed by atoms with Crippen molar-refractivity contribution in [3.63, 3.8) is 0 Å². The van der Waals surface area contributed by atoms with Crippen LogP contribution in [0.2, 0.25) is 0 Å². The first-order chi connectivity index (χ1) is 9.16. The Morgan fingerprint density at radius 1 is 1.43 bits per heavy atom. The van der Waals surface area contributed by atoms with Crippen molar-refractivity contribution in [3.8, 4) is 0 Å². The molecule has 122 valence electrons. The van der Waals surface area contributed by atoms with Crippen LogP contribution in [0.4, 0.5) is 13.2 Å². The Labute approximate surface area is 126 Å². The SMILES string of the molecule is CCN[C@@H](C)Cc1cccc(C(F)(F)F)c1.Cl.O=[N+]([O-])O. The molecule has 0 unspecified atom stereocenters. The van der Waals surface area contributed by atoms with Gasteiger partial charge in [-0.05, 0) is 31.5 Å². The Morgan fingerprint density at radius 3 is 2.38 bits per heavy atom. The van der Waals surface area contributed by atoms with Gasteiger partial charge in [0.15, 0.2) is 0 Å². The predicted octanol–water partition coefficient (Wildman–Crippen LogP) is 3.32. The van der Waals surface area contributed by atoms with Crippen LogP contribution >= 0.6 is 12.4 Å². The quantitative estimate of drug-likeness (QED) is 0.656. The summed E-state index contributed by atoms with van der Waals surface area (Å²) < 4.78 is 37.3. The van der Waals surface area contributed by atoms with E-state index in [2.05, 4.69) is 5.32 Å². The highest BCUT2D eigenvalue weighted by Crippen LogP contribution is 2.29. The second-order valence-electron chi connectivity index (χ2n) is 4.10. The number of rotatable bonds is 4. The molecule has 5 nitrogen and oxygen atoms in total. The minimum atomic E-state index is -4.25. The molecule has 0 spiro atoms. The molecule has 0 heterocycles. The molecule has 1 aromatic carbocycles. The normalized spacial score (nSPS) is 11.7. The summed E-state index contributed by atoms with van der Waals surface area (Å²) in [6.07, 6.45) is -3.64. The molecular formula is C12H18ClF3N2O3. The zero-order valence-corrected chi connectivity index (χ0v) is 12.4. The molecule has 0 fully saturated rings. The van der Waals surface area contributed by atoms with E-state index in [0.29, 0.717) is 12.0 Å². The van der Waals surface area contributed by atoms with Gasteiger partial charge in [0.1, 0.15) is 0 Å². The lowest BCUT2D eigenvalue weighted by atomic mass is 10.0. The minimum Gasteiger partial charge on any atom is -0.328 e. The molecule has 0 aliphatic rings. The van der Waals surface area contributed by atoms with E-state index in [1.165, 1.54) is 12.1 Å². The molecule has 2 N–H and O–H groups in total. The maximum Gasteiger partial charge on any atom is 0.416 e. The van der Waals surface area contributed by atoms with Crippen LogP contribution in [0.25, 0.3) is 0 Å². The van der Waals surface area contributed by atoms with Crippen molar-refractivity contribution >= 4 is 12.4 Å². The Bertz CT molecular complexity index is 426. The number of nitrogens with one attached hydrogen (secondary N) is 1. The fraction of sp³-hybridized carbons (Fsp3) is 0.500. The van der Waals surface area contributed by atoms with Gasteiger partial charge < -0.3 is 10.5 Å². The summed E-state index contributed by atoms with van der Waals surface area (Å²) in [6, 6.07) is 5.68. The summed E-state index contributed by atoms with van der Waals surface area (Å²) in [5.74, 6) is 0. The van der Waals surface area contributed by atoms with Crippen LogP contribution in [0.5, 0.6) is 0 Å². The van der Waals surface area contributed by atoms with Gasteiger partial charge in [0.05, 0.1) is 5.56 Å². The summed E-state index contributed by atoms with van der Waals surface area (Å²) in [4.78, 5) is 8.36. The van der Waals surface area contributed by atoms with Crippen molar-refractivity contribution in [2.45, 2.75) is 32.5 Å². The third-order valence-corrected chi connectivity index (χ3v) is 2.35. The molecule has 0 saturated heterocycles. The zero-order valence-electron chi connectivity index (χ0n) is 11.6. The van der Waals surface area contributed by atoms with Crippen molar-refractivity contribution in [2.75, 3.05) is 6.54 Å². The third kappa shape index (κ3) is 10.9. The largest absolute Gasteiger partial charge is 0.416 e. The fourth-order valence-electron chi connectivity index (χ4n) is 1.65. The minimum absolute atomic E-state index is 0. The molecule has 0 radical (unpaired) electrons. The molecule has 1 aromatic rings. The lowest BCUT2D eigenvalue weighted by molar-refractivity contribution is -0.742. The highest BCUT2D eigenvalue weighted by molar-refractivity contribution is 5.85. The number of nitrogens with zero attached hydrogens (tertiary/aromatic N) is 1. The Kier molecular flexibility index (Phi) is 10.6. The summed E-state index contributed by atoms with van der Waals surface area (Å²) in [7, 11) is 0. The molecule has 0 aromatic heterocycles. The summed E-state index contributed by atoms with van der Waals surface area (Å²) >= 11 is 0. The number of benzene rings is 1. The average Bonchev–Trinajstić information content (AvgIpc) is 2.27. The van der Waals surface area contributed by atoms with Gasteiger partial charge in [-0.15, -0.1) is 22.5 Å². The van der Waals surface area contributed by atoms with Crippen molar-refractivity contribution < 1.29 is 23.5 Å². The van der Waals surface area contributed by atoms with Crippen molar-refractivity contribution in [1.82, 2.24) is 5.32 Å². The highest BCUT2D eigenvalue weighted by Gasteiger charge is 2.30. The standard InChI is InChI=1S/C12H16F3N.ClH.HNO3/c1-3-16-9(2)7-10-5-4-6-11(8-10)12(13,14)15;;2-1(3)4/h4-6,8-9,16H,3,7H2,1-2H3;1H;(H,2,3,4)/t9-;;/m0../s1. The van der Waals surface area contributed by atoms with Gasteiger partial charge in [0.25, 0.3) is 5.09 Å². The highest BCUT2D eigenvalue weighted by atomic mass is 35.5. The topological polar surface area (TPSA) is 75.4 Å². The molecule has 9 heteroatoms. The number of likely N-dealkylation sites (N-methyl/N-ethyl adjacent to an activating group) is 1. The first-order valence-corrected chi connectivity index (χ1v) is 5.89. The van der Waals surface area contributed by atoms with Crippen LogP contribution < -0.4 is 5.32 Å². The van der Waals surface area contributed by atoms with E-state index < -0.39 is 16.8 Å². The van der Waals surface area contributed by atoms with Crippen molar-refractivity contribution in [3.05, 3.63) is 45.5 Å². The monoisotopic (exact) mass is 330 g/mol. The molecule has 1 rings (SSSR count). The van der Waals surface area contributed by atoms with Crippen LogP contribution in [0.15, 0.2) is 24.3 Å². The van der Waals surface area contributed by atoms with E-state index in [-0.39, 0.29) is 18.4 Å². The molecule has 0 bridgehead atoms. The maximum atomic E-state index is 12.4. The number of hydrogen-bond donors (Lipinski definition) is 2. The van der Waals surface area contributed by atoms with Crippen LogP contribution in [-0.4, -0.2) is 22.9 Å². The molecular weight excluding hydrogens is 313 g/mol. The third-order valence-electron chi connectivity index (χ3n) is 2.35. The van der Waals surface area contributed by atoms with Crippen LogP contribution in [0, 0.1) is 10.1 Å². The molecule has 0 aliphatic carbocycles. The van der Waals surface area contributed by atoms with E-state index in [1.54, 1.807) is 6.07 Å². The zero-order chi connectivity index (χ0) is 15.8. The molecule has 0 saturated carbocycles. The number of halogens is 4. The number of alkyl halides is 3. The Morgan fingerprint density at radius 2 is 1.95 bits per heavy atom. The van der Waals surface area contributed by atoms with Crippen LogP contribution in [0.3, 0.4) is 0 Å². The Hall–Kier alpha value is -1.54. The van der Waals surface area contributed by atoms with Gasteiger partial charge in [-0.2, -0.15) is 13.2 Å². The second kappa shape index (κ2) is 10.2. The van der Waals surface area contributed by atoms with Crippen LogP contribution in [-0.2, 0) is 12.6 Å². The van der Waals surface area contributed by atoms with E-state index >= 15 is 0 Å². The maximum absolute atomic E-state index is 12.4. The average molecular weight is 331 g/mol. The van der Waals surface area contributed by atoms with Crippen LogP contribution in [0.1, 0.15) is 25.0 Å². The van der Waals surface area contributed by atoms with Gasteiger partial charge in [-0.1, -0.05) is 25.1 Å². The Balaban J connectivity index is 0. The first kappa shape index (κ1) is 21.8. The molecule has 0 amide bonds. The second-order valence-corrected chi connectivity index (χ2v) is 4.10. The van der Waals surface area contributed by atoms with Gasteiger partial charge in [-0.3, -0.25) is 0 Å². The van der Waals surface area contributed by atoms with E-state index in [9.17, 15) is 13.2 Å². The fourth-order valence-corrected chi connectivity index (χ4v) is 1.65. The smallest absolute Gasteiger partial charge is 0.328 e. The van der Waals surface area contributed by atoms with Gasteiger partial charge in [0, 0.05) is 6.04 Å². The lowest BCUT2D eigenvalue weighted by Gasteiger charge is -2.13. The number of hydrogen-bond acceptors (Lipinski definition) is 3. The lowest BCUT2D eigenvalue weighted by Crippen LogP contribution is -2.27. The molecule has 1 atom stereocenters. The van der Waals surface area contributed by atoms with Gasteiger partial charge in [0.2, 0.25) is 0 Å². The summed E-state index contributed by atoms with van der Waals surface area (Å²) in [6.45, 7) is 4.76. The van der Waals surface area contributed by atoms with Gasteiger partial charge >= 0.3 is 6.18 Å². The van der Waals surface area contributed by atoms with E-state index in [4.69, 9.17) is 15.3 Å². The summed E-state index contributed by atoms with van der Waals surface area (Å²) in [5.41, 5.74) is 0.136.